The molecule has 2 aromatic carbocycles. The summed E-state index contributed by atoms with van der Waals surface area (Å²) in [7, 11) is 0. The van der Waals surface area contributed by atoms with Crippen LogP contribution >= 0.6 is 15.9 Å². The highest BCUT2D eigenvalue weighted by Crippen LogP contribution is 2.52. The van der Waals surface area contributed by atoms with E-state index in [1.54, 1.807) is 52.0 Å². The van der Waals surface area contributed by atoms with Crippen LogP contribution < -0.4 is 5.32 Å². The van der Waals surface area contributed by atoms with Crippen LogP contribution in [-0.2, 0) is 30.7 Å². The van der Waals surface area contributed by atoms with E-state index in [0.29, 0.717) is 5.56 Å². The van der Waals surface area contributed by atoms with Gasteiger partial charge in [-0.25, -0.2) is 0 Å². The summed E-state index contributed by atoms with van der Waals surface area (Å²) >= 11 is 3.34. The van der Waals surface area contributed by atoms with E-state index >= 15 is 0 Å². The van der Waals surface area contributed by atoms with Crippen molar-refractivity contribution in [1.82, 2.24) is 0 Å². The Kier molecular flexibility index (Phi) is 6.60. The lowest BCUT2D eigenvalue weighted by molar-refractivity contribution is -0.170. The second-order valence-corrected chi connectivity index (χ2v) is 9.02. The zero-order chi connectivity index (χ0) is 23.8. The Hall–Kier alpha value is -2.55. The Labute approximate surface area is 192 Å². The molecule has 0 fully saturated rings. The van der Waals surface area contributed by atoms with Crippen LogP contribution in [0.15, 0.2) is 46.9 Å². The summed E-state index contributed by atoms with van der Waals surface area (Å²) in [5.74, 6) is -1.78. The molecule has 3 rings (SSSR count). The van der Waals surface area contributed by atoms with Crippen LogP contribution in [0, 0.1) is 0 Å². The van der Waals surface area contributed by atoms with Gasteiger partial charge in [-0.3, -0.25) is 9.59 Å². The van der Waals surface area contributed by atoms with E-state index < -0.39 is 47.3 Å². The maximum absolute atomic E-state index is 13.5. The summed E-state index contributed by atoms with van der Waals surface area (Å²) in [5.41, 5.74) is -2.31. The van der Waals surface area contributed by atoms with E-state index in [2.05, 4.69) is 21.2 Å². The zero-order valence-corrected chi connectivity index (χ0v) is 19.5. The van der Waals surface area contributed by atoms with Gasteiger partial charge in [-0.2, -0.15) is 13.2 Å². The van der Waals surface area contributed by atoms with Gasteiger partial charge < -0.3 is 14.8 Å². The average molecular weight is 514 g/mol. The summed E-state index contributed by atoms with van der Waals surface area (Å²) in [6, 6.07) is 8.65. The molecule has 1 atom stereocenters. The fourth-order valence-corrected chi connectivity index (χ4v) is 4.01. The Morgan fingerprint density at radius 3 is 1.97 bits per heavy atom. The molecular formula is C23H23BrF3NO4. The average Bonchev–Trinajstić information content (AvgIpc) is 3.02. The molecule has 0 aromatic heterocycles. The number of hydrogen-bond donors (Lipinski definition) is 1. The Morgan fingerprint density at radius 1 is 0.969 bits per heavy atom. The third-order valence-electron chi connectivity index (χ3n) is 5.04. The van der Waals surface area contributed by atoms with Gasteiger partial charge >= 0.3 is 18.1 Å². The second-order valence-electron chi connectivity index (χ2n) is 8.10. The lowest BCUT2D eigenvalue weighted by atomic mass is 9.73. The minimum absolute atomic E-state index is 0.0224. The summed E-state index contributed by atoms with van der Waals surface area (Å²) in [5, 5.41) is 2.96. The molecule has 172 valence electrons. The minimum Gasteiger partial charge on any atom is -0.462 e. The van der Waals surface area contributed by atoms with E-state index in [9.17, 15) is 22.8 Å². The number of anilines is 1. The number of rotatable bonds is 5. The molecule has 0 unspecified atom stereocenters. The van der Waals surface area contributed by atoms with Crippen molar-refractivity contribution in [2.75, 3.05) is 5.32 Å². The molecule has 1 aliphatic rings. The normalized spacial score (nSPS) is 17.1. The molecule has 5 nitrogen and oxygen atoms in total. The van der Waals surface area contributed by atoms with E-state index in [4.69, 9.17) is 9.47 Å². The molecule has 2 aromatic rings. The summed E-state index contributed by atoms with van der Waals surface area (Å²) < 4.78 is 51.8. The van der Waals surface area contributed by atoms with E-state index in [1.807, 2.05) is 0 Å². The van der Waals surface area contributed by atoms with Crippen LogP contribution in [0.25, 0.3) is 0 Å². The highest BCUT2D eigenvalue weighted by atomic mass is 79.9. The maximum Gasteiger partial charge on any atom is 0.416 e. The number of fused-ring (bicyclic) bond motifs is 1. The van der Waals surface area contributed by atoms with Gasteiger partial charge in [-0.1, -0.05) is 34.1 Å². The van der Waals surface area contributed by atoms with Crippen molar-refractivity contribution < 1.29 is 32.2 Å². The molecule has 0 saturated carbocycles. The first-order chi connectivity index (χ1) is 14.9. The lowest BCUT2D eigenvalue weighted by Crippen LogP contribution is -2.50. The predicted molar refractivity (Wildman–Crippen MR) is 116 cm³/mol. The smallest absolute Gasteiger partial charge is 0.416 e. The van der Waals surface area contributed by atoms with E-state index in [1.165, 1.54) is 0 Å². The molecule has 1 N–H and O–H groups in total. The number of esters is 2. The maximum atomic E-state index is 13.5. The molecule has 0 aliphatic carbocycles. The lowest BCUT2D eigenvalue weighted by Gasteiger charge is -2.33. The molecule has 0 bridgehead atoms. The van der Waals surface area contributed by atoms with Crippen LogP contribution in [0.2, 0.25) is 0 Å². The van der Waals surface area contributed by atoms with Crippen molar-refractivity contribution in [3.8, 4) is 0 Å². The van der Waals surface area contributed by atoms with Gasteiger partial charge in [0.25, 0.3) is 0 Å². The topological polar surface area (TPSA) is 64.6 Å². The number of halogens is 4. The van der Waals surface area contributed by atoms with Crippen molar-refractivity contribution in [3.05, 3.63) is 63.6 Å². The monoisotopic (exact) mass is 513 g/mol. The summed E-state index contributed by atoms with van der Waals surface area (Å²) in [6.07, 6.45) is -5.71. The first-order valence-corrected chi connectivity index (χ1v) is 10.8. The first kappa shape index (κ1) is 24.1. The molecule has 1 heterocycles. The highest BCUT2D eigenvalue weighted by Gasteiger charge is 2.62. The number of ether oxygens (including phenoxy) is 2. The Bertz CT molecular complexity index is 997. The van der Waals surface area contributed by atoms with Crippen molar-refractivity contribution in [1.29, 1.82) is 0 Å². The first-order valence-electron chi connectivity index (χ1n) is 10.0. The predicted octanol–water partition coefficient (Wildman–Crippen LogP) is 5.78. The number of nitrogens with one attached hydrogen (secondary N) is 1. The Balaban J connectivity index is 2.29. The van der Waals surface area contributed by atoms with Gasteiger partial charge in [-0.15, -0.1) is 0 Å². The number of carbonyl (C=O) groups excluding carboxylic acids is 2. The van der Waals surface area contributed by atoms with Gasteiger partial charge in [0.05, 0.1) is 23.8 Å². The molecule has 32 heavy (non-hydrogen) atoms. The quantitative estimate of drug-likeness (QED) is 0.405. The minimum atomic E-state index is -4.59. The van der Waals surface area contributed by atoms with E-state index in [-0.39, 0.29) is 11.3 Å². The molecule has 0 spiro atoms. The third kappa shape index (κ3) is 4.35. The largest absolute Gasteiger partial charge is 0.462 e. The van der Waals surface area contributed by atoms with Crippen molar-refractivity contribution in [2.24, 2.45) is 0 Å². The number of carbonyl (C=O) groups is 2. The zero-order valence-electron chi connectivity index (χ0n) is 17.9. The Morgan fingerprint density at radius 2 is 1.50 bits per heavy atom. The molecule has 1 aliphatic heterocycles. The van der Waals surface area contributed by atoms with Crippen LogP contribution in [0.5, 0.6) is 0 Å². The molecule has 9 heteroatoms. The van der Waals surface area contributed by atoms with Gasteiger partial charge in [0, 0.05) is 15.7 Å². The van der Waals surface area contributed by atoms with Crippen LogP contribution in [-0.4, -0.2) is 24.1 Å². The summed E-state index contributed by atoms with van der Waals surface area (Å²) in [4.78, 5) is 27.0. The van der Waals surface area contributed by atoms with Crippen molar-refractivity contribution >= 4 is 33.6 Å². The molecular weight excluding hydrogens is 491 g/mol. The third-order valence-corrected chi connectivity index (χ3v) is 5.57. The van der Waals surface area contributed by atoms with Crippen LogP contribution in [0.1, 0.15) is 50.4 Å². The van der Waals surface area contributed by atoms with Gasteiger partial charge in [0.1, 0.15) is 0 Å². The standard InChI is InChI=1S/C23H23BrF3NO4/c1-12(2)31-20(29)22(21(30)32-13(3)4)17-10-7-15(23(25,26)27)11-18(17)28-19(22)14-5-8-16(24)9-6-14/h5-13,19,28H,1-4H3/t19-/m1/s1. The van der Waals surface area contributed by atoms with Gasteiger partial charge in [0.15, 0.2) is 0 Å². The fourth-order valence-electron chi connectivity index (χ4n) is 3.74. The van der Waals surface area contributed by atoms with Gasteiger partial charge in [-0.05, 0) is 57.5 Å². The van der Waals surface area contributed by atoms with Crippen LogP contribution in [0.4, 0.5) is 18.9 Å². The molecule has 0 amide bonds. The number of alkyl halides is 3. The SMILES string of the molecule is CC(C)OC(=O)C1(C(=O)OC(C)C)c2ccc(C(F)(F)F)cc2N[C@@H]1c1ccc(Br)cc1. The van der Waals surface area contributed by atoms with E-state index in [0.717, 1.165) is 22.7 Å². The molecule has 0 radical (unpaired) electrons. The number of hydrogen-bond acceptors (Lipinski definition) is 5. The number of benzene rings is 2. The van der Waals surface area contributed by atoms with Gasteiger partial charge in [0.2, 0.25) is 5.41 Å². The highest BCUT2D eigenvalue weighted by molar-refractivity contribution is 9.10. The fraction of sp³-hybridized carbons (Fsp3) is 0.391. The second kappa shape index (κ2) is 8.77. The van der Waals surface area contributed by atoms with Crippen molar-refractivity contribution in [2.45, 2.75) is 57.5 Å². The summed E-state index contributed by atoms with van der Waals surface area (Å²) in [6.45, 7) is 6.52. The molecule has 0 saturated heterocycles. The van der Waals surface area contributed by atoms with Crippen LogP contribution in [0.3, 0.4) is 0 Å². The van der Waals surface area contributed by atoms with Crippen molar-refractivity contribution in [3.63, 3.8) is 0 Å².